The van der Waals surface area contributed by atoms with Crippen molar-refractivity contribution in [2.45, 2.75) is 31.6 Å². The van der Waals surface area contributed by atoms with E-state index >= 15 is 0 Å². The smallest absolute Gasteiger partial charge is 0.136 e. The van der Waals surface area contributed by atoms with E-state index in [2.05, 4.69) is 39.6 Å². The van der Waals surface area contributed by atoms with Crippen molar-refractivity contribution in [2.75, 3.05) is 17.6 Å². The van der Waals surface area contributed by atoms with Crippen molar-refractivity contribution < 1.29 is 0 Å². The zero-order chi connectivity index (χ0) is 13.8. The fourth-order valence-electron chi connectivity index (χ4n) is 2.25. The maximum Gasteiger partial charge on any atom is 0.136 e. The van der Waals surface area contributed by atoms with Gasteiger partial charge in [0.25, 0.3) is 0 Å². The Hall–Kier alpha value is -2.10. The van der Waals surface area contributed by atoms with E-state index < -0.39 is 0 Å². The Labute approximate surface area is 119 Å². The second-order valence-corrected chi connectivity index (χ2v) is 5.33. The first-order chi connectivity index (χ1) is 9.81. The van der Waals surface area contributed by atoms with E-state index in [-0.39, 0.29) is 0 Å². The SMILES string of the molecule is Nc1cc(NCCCc2ccccc2)nc(C2CC2)n1. The van der Waals surface area contributed by atoms with Crippen molar-refractivity contribution in [1.82, 2.24) is 9.97 Å². The van der Waals surface area contributed by atoms with Gasteiger partial charge < -0.3 is 11.1 Å². The molecule has 0 saturated heterocycles. The molecule has 0 spiro atoms. The highest BCUT2D eigenvalue weighted by molar-refractivity contribution is 5.45. The molecule has 0 bridgehead atoms. The summed E-state index contributed by atoms with van der Waals surface area (Å²) in [7, 11) is 0. The molecule has 1 heterocycles. The molecule has 0 radical (unpaired) electrons. The molecule has 4 nitrogen and oxygen atoms in total. The number of rotatable bonds is 6. The summed E-state index contributed by atoms with van der Waals surface area (Å²) in [4.78, 5) is 8.84. The normalized spacial score (nSPS) is 14.2. The van der Waals surface area contributed by atoms with Crippen molar-refractivity contribution >= 4 is 11.6 Å². The summed E-state index contributed by atoms with van der Waals surface area (Å²) in [5.41, 5.74) is 7.20. The molecule has 3 N–H and O–H groups in total. The highest BCUT2D eigenvalue weighted by Crippen LogP contribution is 2.38. The number of nitrogens with one attached hydrogen (secondary N) is 1. The number of nitrogen functional groups attached to an aromatic ring is 1. The van der Waals surface area contributed by atoms with Crippen LogP contribution in [0.25, 0.3) is 0 Å². The average molecular weight is 268 g/mol. The van der Waals surface area contributed by atoms with Gasteiger partial charge in [0.05, 0.1) is 0 Å². The molecule has 1 aliphatic carbocycles. The molecule has 4 heteroatoms. The van der Waals surface area contributed by atoms with Crippen molar-refractivity contribution in [3.05, 3.63) is 47.8 Å². The largest absolute Gasteiger partial charge is 0.384 e. The van der Waals surface area contributed by atoms with E-state index in [4.69, 9.17) is 5.73 Å². The van der Waals surface area contributed by atoms with Crippen LogP contribution in [0.4, 0.5) is 11.6 Å². The summed E-state index contributed by atoms with van der Waals surface area (Å²) in [6.45, 7) is 0.898. The van der Waals surface area contributed by atoms with Crippen molar-refractivity contribution in [2.24, 2.45) is 0 Å². The Kier molecular flexibility index (Phi) is 3.81. The molecule has 1 aromatic heterocycles. The number of benzene rings is 1. The van der Waals surface area contributed by atoms with Crippen LogP contribution in [-0.4, -0.2) is 16.5 Å². The minimum absolute atomic E-state index is 0.531. The molecule has 1 aromatic carbocycles. The topological polar surface area (TPSA) is 63.8 Å². The lowest BCUT2D eigenvalue weighted by atomic mass is 10.1. The third-order valence-corrected chi connectivity index (χ3v) is 3.50. The van der Waals surface area contributed by atoms with Crippen LogP contribution >= 0.6 is 0 Å². The van der Waals surface area contributed by atoms with E-state index in [1.54, 1.807) is 0 Å². The van der Waals surface area contributed by atoms with Gasteiger partial charge in [-0.15, -0.1) is 0 Å². The number of anilines is 2. The zero-order valence-corrected chi connectivity index (χ0v) is 11.5. The van der Waals surface area contributed by atoms with Crippen LogP contribution in [0, 0.1) is 0 Å². The molecule has 1 saturated carbocycles. The third kappa shape index (κ3) is 3.47. The molecular weight excluding hydrogens is 248 g/mol. The van der Waals surface area contributed by atoms with Gasteiger partial charge in [0, 0.05) is 18.5 Å². The molecule has 0 amide bonds. The van der Waals surface area contributed by atoms with Gasteiger partial charge in [0.2, 0.25) is 0 Å². The van der Waals surface area contributed by atoms with Gasteiger partial charge in [0.15, 0.2) is 0 Å². The van der Waals surface area contributed by atoms with Gasteiger partial charge in [-0.25, -0.2) is 9.97 Å². The average Bonchev–Trinajstić information content (AvgIpc) is 3.29. The highest BCUT2D eigenvalue weighted by Gasteiger charge is 2.27. The summed E-state index contributed by atoms with van der Waals surface area (Å²) in [6.07, 6.45) is 4.53. The fraction of sp³-hybridized carbons (Fsp3) is 0.375. The molecule has 3 rings (SSSR count). The van der Waals surface area contributed by atoms with E-state index in [0.29, 0.717) is 11.7 Å². The lowest BCUT2D eigenvalue weighted by Crippen LogP contribution is -2.08. The standard InChI is InChI=1S/C16H20N4/c17-14-11-15(20-16(19-14)13-8-9-13)18-10-4-7-12-5-2-1-3-6-12/h1-3,5-6,11,13H,4,7-10H2,(H3,17,18,19,20). The Morgan fingerprint density at radius 2 is 1.95 bits per heavy atom. The number of aryl methyl sites for hydroxylation is 1. The van der Waals surface area contributed by atoms with Gasteiger partial charge in [-0.05, 0) is 31.2 Å². The highest BCUT2D eigenvalue weighted by atomic mass is 15.1. The minimum atomic E-state index is 0.531. The van der Waals surface area contributed by atoms with Gasteiger partial charge in [-0.2, -0.15) is 0 Å². The number of nitrogens with zero attached hydrogens (tertiary/aromatic N) is 2. The van der Waals surface area contributed by atoms with E-state index in [1.807, 2.05) is 12.1 Å². The van der Waals surface area contributed by atoms with Crippen molar-refractivity contribution in [3.8, 4) is 0 Å². The van der Waals surface area contributed by atoms with Gasteiger partial charge in [0.1, 0.15) is 17.5 Å². The molecule has 1 fully saturated rings. The van der Waals surface area contributed by atoms with Gasteiger partial charge >= 0.3 is 0 Å². The number of aromatic nitrogens is 2. The lowest BCUT2D eigenvalue weighted by molar-refractivity contribution is 0.851. The second kappa shape index (κ2) is 5.90. The quantitative estimate of drug-likeness (QED) is 0.791. The minimum Gasteiger partial charge on any atom is -0.384 e. The van der Waals surface area contributed by atoms with Gasteiger partial charge in [-0.3, -0.25) is 0 Å². The molecule has 0 aliphatic heterocycles. The summed E-state index contributed by atoms with van der Waals surface area (Å²) in [5, 5.41) is 3.35. The Morgan fingerprint density at radius 3 is 2.70 bits per heavy atom. The number of hydrogen-bond acceptors (Lipinski definition) is 4. The first-order valence-electron chi connectivity index (χ1n) is 7.23. The molecule has 104 valence electrons. The van der Waals surface area contributed by atoms with Crippen LogP contribution in [0.3, 0.4) is 0 Å². The van der Waals surface area contributed by atoms with E-state index in [0.717, 1.165) is 31.0 Å². The Balaban J connectivity index is 1.51. The van der Waals surface area contributed by atoms with Crippen molar-refractivity contribution in [3.63, 3.8) is 0 Å². The molecule has 0 atom stereocenters. The molecule has 1 aliphatic rings. The predicted octanol–water partition coefficient (Wildman–Crippen LogP) is 2.98. The lowest BCUT2D eigenvalue weighted by Gasteiger charge is -2.08. The summed E-state index contributed by atoms with van der Waals surface area (Å²) in [6, 6.07) is 12.3. The third-order valence-electron chi connectivity index (χ3n) is 3.50. The molecule has 2 aromatic rings. The van der Waals surface area contributed by atoms with Crippen LogP contribution < -0.4 is 11.1 Å². The predicted molar refractivity (Wildman–Crippen MR) is 81.7 cm³/mol. The summed E-state index contributed by atoms with van der Waals surface area (Å²) < 4.78 is 0. The van der Waals surface area contributed by atoms with Crippen molar-refractivity contribution in [1.29, 1.82) is 0 Å². The summed E-state index contributed by atoms with van der Waals surface area (Å²) >= 11 is 0. The molecule has 0 unspecified atom stereocenters. The van der Waals surface area contributed by atoms with Crippen LogP contribution in [0.5, 0.6) is 0 Å². The van der Waals surface area contributed by atoms with E-state index in [9.17, 15) is 0 Å². The fourth-order valence-corrected chi connectivity index (χ4v) is 2.25. The molecule has 20 heavy (non-hydrogen) atoms. The Bertz CT molecular complexity index is 564. The van der Waals surface area contributed by atoms with Crippen LogP contribution in [-0.2, 0) is 6.42 Å². The first-order valence-corrected chi connectivity index (χ1v) is 7.23. The van der Waals surface area contributed by atoms with Crippen LogP contribution in [0.2, 0.25) is 0 Å². The first kappa shape index (κ1) is 12.9. The second-order valence-electron chi connectivity index (χ2n) is 5.33. The maximum absolute atomic E-state index is 5.83. The van der Waals surface area contributed by atoms with Crippen LogP contribution in [0.1, 0.15) is 36.6 Å². The van der Waals surface area contributed by atoms with Crippen LogP contribution in [0.15, 0.2) is 36.4 Å². The monoisotopic (exact) mass is 268 g/mol. The Morgan fingerprint density at radius 1 is 1.15 bits per heavy atom. The molecular formula is C16H20N4. The van der Waals surface area contributed by atoms with E-state index in [1.165, 1.54) is 18.4 Å². The summed E-state index contributed by atoms with van der Waals surface area (Å²) in [5.74, 6) is 2.85. The zero-order valence-electron chi connectivity index (χ0n) is 11.5. The maximum atomic E-state index is 5.83. The number of hydrogen-bond donors (Lipinski definition) is 2. The number of nitrogens with two attached hydrogens (primary N) is 1. The van der Waals surface area contributed by atoms with Gasteiger partial charge in [-0.1, -0.05) is 30.3 Å².